The topological polar surface area (TPSA) is 105 Å². The second-order valence-electron chi connectivity index (χ2n) is 11.3. The van der Waals surface area contributed by atoms with Crippen molar-refractivity contribution in [2.24, 2.45) is 11.7 Å². The molecule has 1 aliphatic carbocycles. The zero-order chi connectivity index (χ0) is 28.9. The summed E-state index contributed by atoms with van der Waals surface area (Å²) in [6.07, 6.45) is 1.51. The summed E-state index contributed by atoms with van der Waals surface area (Å²) in [5, 5.41) is 15.8. The van der Waals surface area contributed by atoms with Gasteiger partial charge >= 0.3 is 5.97 Å². The molecule has 2 heterocycles. The maximum atomic E-state index is 14.3. The number of aliphatic hydroxyl groups excluding tert-OH is 1. The number of carbonyl (C=O) groups is 2. The summed E-state index contributed by atoms with van der Waals surface area (Å²) in [4.78, 5) is 28.9. The molecule has 3 aromatic carbocycles. The highest BCUT2D eigenvalue weighted by Crippen LogP contribution is 2.58. The Morgan fingerprint density at radius 1 is 1.12 bits per heavy atom. The lowest BCUT2D eigenvalue weighted by Crippen LogP contribution is -2.52. The molecule has 0 aromatic heterocycles. The van der Waals surface area contributed by atoms with E-state index in [9.17, 15) is 14.7 Å². The molecule has 0 bridgehead atoms. The zero-order valence-corrected chi connectivity index (χ0v) is 24.2. The lowest BCUT2D eigenvalue weighted by Gasteiger charge is -2.40. The van der Waals surface area contributed by atoms with Gasteiger partial charge in [0, 0.05) is 45.8 Å². The number of halogens is 2. The molecule has 0 unspecified atom stereocenters. The predicted octanol–water partition coefficient (Wildman–Crippen LogP) is 5.65. The lowest BCUT2D eigenvalue weighted by atomic mass is 9.73. The molecule has 1 saturated heterocycles. The number of esters is 1. The third-order valence-electron chi connectivity index (χ3n) is 8.73. The van der Waals surface area contributed by atoms with E-state index in [4.69, 9.17) is 33.7 Å². The van der Waals surface area contributed by atoms with Crippen molar-refractivity contribution in [2.45, 2.75) is 55.8 Å². The van der Waals surface area contributed by atoms with Crippen LogP contribution in [0.5, 0.6) is 0 Å². The van der Waals surface area contributed by atoms with Crippen molar-refractivity contribution in [3.8, 4) is 0 Å². The van der Waals surface area contributed by atoms with Gasteiger partial charge in [0.1, 0.15) is 5.54 Å². The molecule has 1 spiro atoms. The van der Waals surface area contributed by atoms with E-state index in [-0.39, 0.29) is 25.0 Å². The van der Waals surface area contributed by atoms with Gasteiger partial charge in [-0.25, -0.2) is 4.79 Å². The van der Waals surface area contributed by atoms with Crippen LogP contribution >= 0.6 is 23.2 Å². The molecule has 0 radical (unpaired) electrons. The molecule has 5 atom stereocenters. The molecule has 1 saturated carbocycles. The van der Waals surface area contributed by atoms with E-state index in [2.05, 4.69) is 10.2 Å². The Labute approximate surface area is 249 Å². The first-order valence-electron chi connectivity index (χ1n) is 14.1. The number of amides is 1. The van der Waals surface area contributed by atoms with Crippen LogP contribution in [0.2, 0.25) is 10.0 Å². The largest absolute Gasteiger partial charge is 0.462 e. The van der Waals surface area contributed by atoms with Gasteiger partial charge in [0.25, 0.3) is 0 Å². The normalized spacial score (nSPS) is 26.2. The van der Waals surface area contributed by atoms with E-state index in [1.807, 2.05) is 24.3 Å². The molecule has 214 valence electrons. The first-order chi connectivity index (χ1) is 19.7. The fraction of sp³-hybridized carbons (Fsp3) is 0.375. The predicted molar refractivity (Wildman–Crippen MR) is 159 cm³/mol. The van der Waals surface area contributed by atoms with Gasteiger partial charge in [-0.05, 0) is 79.6 Å². The molecule has 7 nitrogen and oxygen atoms in total. The summed E-state index contributed by atoms with van der Waals surface area (Å²) in [7, 11) is 0. The minimum atomic E-state index is -1.11. The van der Waals surface area contributed by atoms with E-state index >= 15 is 0 Å². The molecule has 4 N–H and O–H groups in total. The van der Waals surface area contributed by atoms with Crippen molar-refractivity contribution in [3.05, 3.63) is 99.0 Å². The minimum absolute atomic E-state index is 0.155. The van der Waals surface area contributed by atoms with Crippen molar-refractivity contribution >= 4 is 40.8 Å². The maximum absolute atomic E-state index is 14.3. The smallest absolute Gasteiger partial charge is 0.338 e. The van der Waals surface area contributed by atoms with Crippen molar-refractivity contribution in [3.63, 3.8) is 0 Å². The number of hydrogen-bond donors (Lipinski definition) is 3. The van der Waals surface area contributed by atoms with E-state index < -0.39 is 29.6 Å². The third-order valence-corrected chi connectivity index (χ3v) is 9.20. The van der Waals surface area contributed by atoms with Gasteiger partial charge in [-0.15, -0.1) is 0 Å². The average Bonchev–Trinajstić information content (AvgIpc) is 3.69. The molecule has 6 rings (SSSR count). The Kier molecular flexibility index (Phi) is 7.59. The fourth-order valence-electron chi connectivity index (χ4n) is 6.79. The number of likely N-dealkylation sites (tertiary alicyclic amines) is 1. The first-order valence-corrected chi connectivity index (χ1v) is 14.8. The van der Waals surface area contributed by atoms with E-state index in [0.29, 0.717) is 39.3 Å². The average molecular weight is 595 g/mol. The number of hydrogen-bond acceptors (Lipinski definition) is 6. The Hall–Kier alpha value is -2.94. The number of fused-ring (bicyclic) bond motifs is 2. The van der Waals surface area contributed by atoms with Gasteiger partial charge in [-0.3, -0.25) is 9.69 Å². The van der Waals surface area contributed by atoms with Crippen LogP contribution < -0.4 is 11.1 Å². The quantitative estimate of drug-likeness (QED) is 0.292. The molecule has 3 aliphatic rings. The number of nitrogens with one attached hydrogen (secondary N) is 1. The molecular formula is C32H33Cl2N3O4. The summed E-state index contributed by atoms with van der Waals surface area (Å²) in [6.45, 7) is 2.69. The van der Waals surface area contributed by atoms with E-state index in [0.717, 1.165) is 24.0 Å². The van der Waals surface area contributed by atoms with Crippen molar-refractivity contribution < 1.29 is 19.4 Å². The van der Waals surface area contributed by atoms with Gasteiger partial charge in [-0.2, -0.15) is 0 Å². The highest BCUT2D eigenvalue weighted by atomic mass is 35.5. The molecule has 1 amide bonds. The van der Waals surface area contributed by atoms with E-state index in [1.165, 1.54) is 0 Å². The summed E-state index contributed by atoms with van der Waals surface area (Å²) in [5.41, 5.74) is 9.40. The number of anilines is 1. The van der Waals surface area contributed by atoms with Gasteiger partial charge in [0.05, 0.1) is 18.3 Å². The fourth-order valence-corrected chi connectivity index (χ4v) is 7.16. The summed E-state index contributed by atoms with van der Waals surface area (Å²) >= 11 is 12.8. The summed E-state index contributed by atoms with van der Waals surface area (Å²) < 4.78 is 5.16. The van der Waals surface area contributed by atoms with Crippen LogP contribution in [0.15, 0.2) is 66.7 Å². The lowest BCUT2D eigenvalue weighted by molar-refractivity contribution is -0.128. The molecule has 2 aliphatic heterocycles. The van der Waals surface area contributed by atoms with Crippen LogP contribution in [0.25, 0.3) is 0 Å². The number of nitrogens with zero attached hydrogens (tertiary/aromatic N) is 1. The Balaban J connectivity index is 1.45. The maximum Gasteiger partial charge on any atom is 0.338 e. The Morgan fingerprint density at radius 3 is 2.61 bits per heavy atom. The zero-order valence-electron chi connectivity index (χ0n) is 22.7. The second kappa shape index (κ2) is 11.0. The number of carbonyl (C=O) groups excluding carboxylic acids is 2. The molecular weight excluding hydrogens is 561 g/mol. The van der Waals surface area contributed by atoms with Crippen LogP contribution in [0.1, 0.15) is 65.3 Å². The number of rotatable bonds is 8. The third kappa shape index (κ3) is 4.94. The molecule has 2 fully saturated rings. The highest BCUT2D eigenvalue weighted by molar-refractivity contribution is 6.31. The summed E-state index contributed by atoms with van der Waals surface area (Å²) in [5.74, 6) is -0.594. The summed E-state index contributed by atoms with van der Waals surface area (Å²) in [6, 6.07) is 19.0. The molecule has 3 aromatic rings. The van der Waals surface area contributed by atoms with Crippen LogP contribution in [0.3, 0.4) is 0 Å². The Bertz CT molecular complexity index is 1500. The Morgan fingerprint density at radius 2 is 1.88 bits per heavy atom. The van der Waals surface area contributed by atoms with Gasteiger partial charge < -0.3 is 20.9 Å². The van der Waals surface area contributed by atoms with Crippen LogP contribution in [-0.2, 0) is 15.1 Å². The van der Waals surface area contributed by atoms with Gasteiger partial charge in [0.2, 0.25) is 5.91 Å². The standard InChI is InChI=1S/C32H33Cl2N3O4/c1-2-41-30(39)21-7-3-5-19(13-21)27(38)16-26-29(35)28(20-6-4-8-22(33)14-20)32(37(26)17-18-9-10-18)24-12-11-23(34)15-25(24)36-31(32)40/h3-8,11-15,18,26-29,38H,2,9-10,16-17,35H2,1H3,(H,36,40)/t26-,27+,28-,29+,32+/m0/s1. The van der Waals surface area contributed by atoms with Crippen LogP contribution in [-0.4, -0.2) is 47.1 Å². The number of ether oxygens (including phenoxy) is 1. The first kappa shape index (κ1) is 28.2. The monoisotopic (exact) mass is 593 g/mol. The van der Waals surface area contributed by atoms with Crippen molar-refractivity contribution in [2.75, 3.05) is 18.5 Å². The van der Waals surface area contributed by atoms with Gasteiger partial charge in [-0.1, -0.05) is 53.5 Å². The molecule has 41 heavy (non-hydrogen) atoms. The SMILES string of the molecule is CCOC(=O)c1cccc([C@H](O)C[C@H]2[C@@H](N)[C@H](c3cccc(Cl)c3)[C@]3(C(=O)Nc4cc(Cl)ccc43)N2CC2CC2)c1. The van der Waals surface area contributed by atoms with Crippen molar-refractivity contribution in [1.29, 1.82) is 0 Å². The van der Waals surface area contributed by atoms with Crippen LogP contribution in [0.4, 0.5) is 5.69 Å². The molecule has 9 heteroatoms. The van der Waals surface area contributed by atoms with Crippen LogP contribution in [0, 0.1) is 5.92 Å². The highest BCUT2D eigenvalue weighted by Gasteiger charge is 2.66. The number of benzene rings is 3. The van der Waals surface area contributed by atoms with Gasteiger partial charge in [0.15, 0.2) is 0 Å². The van der Waals surface area contributed by atoms with E-state index in [1.54, 1.807) is 49.4 Å². The minimum Gasteiger partial charge on any atom is -0.462 e. The second-order valence-corrected chi connectivity index (χ2v) is 12.2. The number of aliphatic hydroxyl groups is 1. The van der Waals surface area contributed by atoms with Crippen molar-refractivity contribution in [1.82, 2.24) is 4.90 Å². The number of nitrogens with two attached hydrogens (primary N) is 1.